The van der Waals surface area contributed by atoms with Crippen molar-refractivity contribution in [3.05, 3.63) is 29.3 Å². The Hall–Kier alpha value is -1.09. The highest BCUT2D eigenvalue weighted by Gasteiger charge is 2.27. The first kappa shape index (κ1) is 15.3. The van der Waals surface area contributed by atoms with Gasteiger partial charge in [0.25, 0.3) is 0 Å². The maximum Gasteiger partial charge on any atom is 0.171 e. The van der Waals surface area contributed by atoms with Crippen LogP contribution in [0, 0.1) is 25.7 Å². The zero-order chi connectivity index (χ0) is 14.7. The molecule has 2 rings (SSSR count). The van der Waals surface area contributed by atoms with Crippen molar-refractivity contribution in [2.24, 2.45) is 11.8 Å². The quantitative estimate of drug-likeness (QED) is 0.789. The Morgan fingerprint density at radius 3 is 2.60 bits per heavy atom. The molecule has 3 atom stereocenters. The van der Waals surface area contributed by atoms with Crippen molar-refractivity contribution in [3.63, 3.8) is 0 Å². The fourth-order valence-electron chi connectivity index (χ4n) is 2.94. The highest BCUT2D eigenvalue weighted by atomic mass is 32.1. The summed E-state index contributed by atoms with van der Waals surface area (Å²) in [5, 5.41) is 7.56. The minimum atomic E-state index is 0.505. The van der Waals surface area contributed by atoms with Crippen molar-refractivity contribution >= 4 is 23.0 Å². The molecule has 1 fully saturated rings. The van der Waals surface area contributed by atoms with Crippen LogP contribution < -0.4 is 10.6 Å². The first-order valence-corrected chi connectivity index (χ1v) is 8.03. The molecule has 2 nitrogen and oxygen atoms in total. The lowest BCUT2D eigenvalue weighted by molar-refractivity contribution is 0.225. The van der Waals surface area contributed by atoms with E-state index in [1.54, 1.807) is 0 Å². The van der Waals surface area contributed by atoms with Crippen LogP contribution in [-0.2, 0) is 0 Å². The van der Waals surface area contributed by atoms with Crippen molar-refractivity contribution in [2.75, 3.05) is 5.32 Å². The molecule has 1 aliphatic rings. The molecule has 0 amide bonds. The Kier molecular flexibility index (Phi) is 5.03. The third kappa shape index (κ3) is 3.72. The van der Waals surface area contributed by atoms with Gasteiger partial charge in [-0.2, -0.15) is 0 Å². The van der Waals surface area contributed by atoms with E-state index < -0.39 is 0 Å². The Morgan fingerprint density at radius 1 is 1.15 bits per heavy atom. The first-order valence-electron chi connectivity index (χ1n) is 7.62. The van der Waals surface area contributed by atoms with Crippen LogP contribution in [0.4, 0.5) is 5.69 Å². The number of rotatable bonds is 2. The van der Waals surface area contributed by atoms with Gasteiger partial charge in [-0.25, -0.2) is 0 Å². The standard InChI is InChI=1S/C17H26N2S/c1-11-8-9-15(10-13(11)3)18-17(20)19-16-7-5-6-12(2)14(16)4/h8-10,12,14,16H,5-7H2,1-4H3,(H2,18,19,20)/t12-,14+,16-/m1/s1. The van der Waals surface area contributed by atoms with E-state index in [1.807, 2.05) is 0 Å². The predicted molar refractivity (Wildman–Crippen MR) is 91.2 cm³/mol. The number of nitrogens with one attached hydrogen (secondary N) is 2. The number of aryl methyl sites for hydroxylation is 2. The molecule has 1 aromatic carbocycles. The molecule has 3 heteroatoms. The summed E-state index contributed by atoms with van der Waals surface area (Å²) >= 11 is 5.46. The van der Waals surface area contributed by atoms with Crippen LogP contribution in [0.1, 0.15) is 44.2 Å². The van der Waals surface area contributed by atoms with E-state index in [9.17, 15) is 0 Å². The molecule has 20 heavy (non-hydrogen) atoms. The van der Waals surface area contributed by atoms with Gasteiger partial charge in [0.05, 0.1) is 0 Å². The van der Waals surface area contributed by atoms with Crippen LogP contribution in [0.5, 0.6) is 0 Å². The molecule has 0 unspecified atom stereocenters. The van der Waals surface area contributed by atoms with Gasteiger partial charge in [-0.15, -0.1) is 0 Å². The Morgan fingerprint density at radius 2 is 1.90 bits per heavy atom. The lowest BCUT2D eigenvalue weighted by atomic mass is 9.78. The molecular weight excluding hydrogens is 264 g/mol. The van der Waals surface area contributed by atoms with E-state index in [0.29, 0.717) is 12.0 Å². The van der Waals surface area contributed by atoms with Gasteiger partial charge in [0.1, 0.15) is 0 Å². The molecule has 0 spiro atoms. The summed E-state index contributed by atoms with van der Waals surface area (Å²) in [4.78, 5) is 0. The molecule has 1 saturated carbocycles. The van der Waals surface area contributed by atoms with E-state index in [2.05, 4.69) is 56.5 Å². The maximum atomic E-state index is 5.46. The predicted octanol–water partition coefficient (Wildman–Crippen LogP) is 4.41. The topological polar surface area (TPSA) is 24.1 Å². The molecule has 0 heterocycles. The van der Waals surface area contributed by atoms with Gasteiger partial charge in [0.15, 0.2) is 5.11 Å². The van der Waals surface area contributed by atoms with Crippen molar-refractivity contribution in [1.29, 1.82) is 0 Å². The van der Waals surface area contributed by atoms with Crippen molar-refractivity contribution in [2.45, 2.75) is 53.0 Å². The van der Waals surface area contributed by atoms with E-state index >= 15 is 0 Å². The smallest absolute Gasteiger partial charge is 0.171 e. The van der Waals surface area contributed by atoms with E-state index in [4.69, 9.17) is 12.2 Å². The van der Waals surface area contributed by atoms with Crippen LogP contribution in [0.3, 0.4) is 0 Å². The second kappa shape index (κ2) is 6.57. The molecule has 2 N–H and O–H groups in total. The second-order valence-corrected chi connectivity index (χ2v) is 6.68. The van der Waals surface area contributed by atoms with Gasteiger partial charge < -0.3 is 10.6 Å². The maximum absolute atomic E-state index is 5.46. The number of hydrogen-bond donors (Lipinski definition) is 2. The highest BCUT2D eigenvalue weighted by Crippen LogP contribution is 2.29. The fourth-order valence-corrected chi connectivity index (χ4v) is 3.21. The van der Waals surface area contributed by atoms with Crippen LogP contribution in [0.2, 0.25) is 0 Å². The number of benzene rings is 1. The normalized spacial score (nSPS) is 26.1. The summed E-state index contributed by atoms with van der Waals surface area (Å²) in [6.45, 7) is 8.93. The summed E-state index contributed by atoms with van der Waals surface area (Å²) in [5.41, 5.74) is 3.67. The van der Waals surface area contributed by atoms with E-state index in [0.717, 1.165) is 16.7 Å². The molecule has 0 radical (unpaired) electrons. The summed E-state index contributed by atoms with van der Waals surface area (Å²) in [7, 11) is 0. The minimum Gasteiger partial charge on any atom is -0.359 e. The zero-order valence-electron chi connectivity index (χ0n) is 13.0. The average molecular weight is 290 g/mol. The van der Waals surface area contributed by atoms with Crippen LogP contribution >= 0.6 is 12.2 Å². The van der Waals surface area contributed by atoms with Gasteiger partial charge in [-0.1, -0.05) is 32.8 Å². The summed E-state index contributed by atoms with van der Waals surface area (Å²) in [6, 6.07) is 6.87. The highest BCUT2D eigenvalue weighted by molar-refractivity contribution is 7.80. The number of anilines is 1. The van der Waals surface area contributed by atoms with Gasteiger partial charge in [0.2, 0.25) is 0 Å². The molecule has 1 aromatic rings. The molecule has 0 saturated heterocycles. The van der Waals surface area contributed by atoms with Crippen LogP contribution in [0.25, 0.3) is 0 Å². The Bertz CT molecular complexity index is 484. The molecule has 0 bridgehead atoms. The molecule has 110 valence electrons. The lowest BCUT2D eigenvalue weighted by Gasteiger charge is -2.35. The summed E-state index contributed by atoms with van der Waals surface area (Å²) in [5.74, 6) is 1.47. The molecule has 0 aromatic heterocycles. The SMILES string of the molecule is Cc1ccc(NC(=S)N[C@@H]2CCC[C@@H](C)[C@@H]2C)cc1C. The lowest BCUT2D eigenvalue weighted by Crippen LogP contribution is -2.45. The molecule has 0 aliphatic heterocycles. The van der Waals surface area contributed by atoms with Crippen LogP contribution in [0.15, 0.2) is 18.2 Å². The van der Waals surface area contributed by atoms with E-state index in [-0.39, 0.29) is 0 Å². The van der Waals surface area contributed by atoms with Crippen LogP contribution in [-0.4, -0.2) is 11.2 Å². The zero-order valence-corrected chi connectivity index (χ0v) is 13.8. The average Bonchev–Trinajstić information content (AvgIpc) is 2.39. The van der Waals surface area contributed by atoms with Gasteiger partial charge in [0, 0.05) is 11.7 Å². The van der Waals surface area contributed by atoms with Crippen molar-refractivity contribution < 1.29 is 0 Å². The fraction of sp³-hybridized carbons (Fsp3) is 0.588. The Balaban J connectivity index is 1.93. The third-order valence-electron chi connectivity index (χ3n) is 4.79. The second-order valence-electron chi connectivity index (χ2n) is 6.27. The minimum absolute atomic E-state index is 0.505. The van der Waals surface area contributed by atoms with Gasteiger partial charge >= 0.3 is 0 Å². The molecular formula is C17H26N2S. The molecule has 1 aliphatic carbocycles. The monoisotopic (exact) mass is 290 g/mol. The Labute approximate surface area is 128 Å². The first-order chi connectivity index (χ1) is 9.47. The third-order valence-corrected chi connectivity index (χ3v) is 5.01. The van der Waals surface area contributed by atoms with Gasteiger partial charge in [-0.05, 0) is 67.6 Å². The number of thiocarbonyl (C=S) groups is 1. The van der Waals surface area contributed by atoms with Crippen molar-refractivity contribution in [3.8, 4) is 0 Å². The summed E-state index contributed by atoms with van der Waals surface area (Å²) < 4.78 is 0. The van der Waals surface area contributed by atoms with Gasteiger partial charge in [-0.3, -0.25) is 0 Å². The van der Waals surface area contributed by atoms with Crippen molar-refractivity contribution in [1.82, 2.24) is 5.32 Å². The summed E-state index contributed by atoms with van der Waals surface area (Å²) in [6.07, 6.45) is 3.87. The largest absolute Gasteiger partial charge is 0.359 e. The van der Waals surface area contributed by atoms with E-state index in [1.165, 1.54) is 30.4 Å². The number of hydrogen-bond acceptors (Lipinski definition) is 1.